The number of nitrogens with one attached hydrogen (secondary N) is 1. The topological polar surface area (TPSA) is 63.7 Å². The molecular formula is C28H32FN3O3. The summed E-state index contributed by atoms with van der Waals surface area (Å²) < 4.78 is 25.0. The first kappa shape index (κ1) is 24.7. The van der Waals surface area contributed by atoms with Gasteiger partial charge in [-0.25, -0.2) is 4.39 Å². The number of rotatable bonds is 8. The first-order chi connectivity index (χ1) is 17.0. The Kier molecular flexibility index (Phi) is 7.98. The molecule has 0 spiro atoms. The highest BCUT2D eigenvalue weighted by molar-refractivity contribution is 5.95. The van der Waals surface area contributed by atoms with Crippen LogP contribution in [0.1, 0.15) is 51.6 Å². The van der Waals surface area contributed by atoms with Crippen molar-refractivity contribution in [3.63, 3.8) is 0 Å². The molecule has 2 heterocycles. The predicted molar refractivity (Wildman–Crippen MR) is 133 cm³/mol. The highest BCUT2D eigenvalue weighted by atomic mass is 19.1. The Bertz CT molecular complexity index is 1180. The summed E-state index contributed by atoms with van der Waals surface area (Å²) >= 11 is 0. The zero-order valence-corrected chi connectivity index (χ0v) is 20.5. The molecule has 35 heavy (non-hydrogen) atoms. The van der Waals surface area contributed by atoms with Gasteiger partial charge in [0.25, 0.3) is 5.91 Å². The number of likely N-dealkylation sites (tertiary alicyclic amines) is 1. The molecule has 6 nitrogen and oxygen atoms in total. The normalized spacial score (nSPS) is 14.5. The number of benzene rings is 2. The lowest BCUT2D eigenvalue weighted by molar-refractivity contribution is 0.0947. The van der Waals surface area contributed by atoms with Crippen molar-refractivity contribution < 1.29 is 18.7 Å². The van der Waals surface area contributed by atoms with Crippen LogP contribution in [0.5, 0.6) is 11.5 Å². The average Bonchev–Trinajstić information content (AvgIpc) is 2.88. The quantitative estimate of drug-likeness (QED) is 0.502. The number of halogens is 1. The third-order valence-electron chi connectivity index (χ3n) is 6.56. The van der Waals surface area contributed by atoms with E-state index in [4.69, 9.17) is 14.5 Å². The summed E-state index contributed by atoms with van der Waals surface area (Å²) in [5.74, 6) is 1.14. The van der Waals surface area contributed by atoms with Gasteiger partial charge in [-0.15, -0.1) is 0 Å². The third-order valence-corrected chi connectivity index (χ3v) is 6.56. The van der Waals surface area contributed by atoms with Crippen LogP contribution in [0.15, 0.2) is 54.6 Å². The number of nitrogens with zero attached hydrogens (tertiary/aromatic N) is 2. The first-order valence-electron chi connectivity index (χ1n) is 11.9. The SMILES string of the molecule is COc1cccc(CN2CCC(c3nc(C)ccc3C(=O)NCc3ccccc3F)CC2)c1OC. The molecule has 0 saturated carbocycles. The van der Waals surface area contributed by atoms with E-state index in [0.29, 0.717) is 11.1 Å². The summed E-state index contributed by atoms with van der Waals surface area (Å²) in [7, 11) is 3.31. The van der Waals surface area contributed by atoms with E-state index < -0.39 is 0 Å². The van der Waals surface area contributed by atoms with E-state index in [9.17, 15) is 9.18 Å². The maximum absolute atomic E-state index is 14.0. The molecule has 3 aromatic rings. The van der Waals surface area contributed by atoms with Gasteiger partial charge in [0, 0.05) is 35.8 Å². The fourth-order valence-electron chi connectivity index (χ4n) is 4.68. The molecule has 1 fully saturated rings. The molecule has 2 aromatic carbocycles. The van der Waals surface area contributed by atoms with Gasteiger partial charge in [0.05, 0.1) is 25.5 Å². The van der Waals surface area contributed by atoms with E-state index in [1.54, 1.807) is 32.4 Å². The van der Waals surface area contributed by atoms with Gasteiger partial charge in [-0.05, 0) is 57.1 Å². The number of aryl methyl sites for hydroxylation is 1. The van der Waals surface area contributed by atoms with Crippen molar-refractivity contribution in [1.29, 1.82) is 0 Å². The van der Waals surface area contributed by atoms with Crippen LogP contribution in [0, 0.1) is 12.7 Å². The number of amides is 1. The summed E-state index contributed by atoms with van der Waals surface area (Å²) in [6.07, 6.45) is 1.80. The Hall–Kier alpha value is -3.45. The van der Waals surface area contributed by atoms with E-state index in [-0.39, 0.29) is 24.2 Å². The van der Waals surface area contributed by atoms with Crippen LogP contribution < -0.4 is 14.8 Å². The molecule has 0 bridgehead atoms. The highest BCUT2D eigenvalue weighted by Crippen LogP contribution is 2.34. The van der Waals surface area contributed by atoms with Crippen LogP contribution in [0.25, 0.3) is 0 Å². The van der Waals surface area contributed by atoms with E-state index in [2.05, 4.69) is 16.3 Å². The molecule has 0 unspecified atom stereocenters. The van der Waals surface area contributed by atoms with Crippen LogP contribution in [0.3, 0.4) is 0 Å². The van der Waals surface area contributed by atoms with Gasteiger partial charge >= 0.3 is 0 Å². The molecule has 1 aliphatic heterocycles. The third kappa shape index (κ3) is 5.80. The van der Waals surface area contributed by atoms with Crippen molar-refractivity contribution in [2.24, 2.45) is 0 Å². The van der Waals surface area contributed by atoms with Crippen LogP contribution in [0.2, 0.25) is 0 Å². The molecule has 0 atom stereocenters. The number of para-hydroxylation sites is 1. The Morgan fingerprint density at radius 3 is 2.49 bits per heavy atom. The largest absolute Gasteiger partial charge is 0.493 e. The lowest BCUT2D eigenvalue weighted by Crippen LogP contribution is -2.34. The Balaban J connectivity index is 1.43. The van der Waals surface area contributed by atoms with Crippen molar-refractivity contribution in [3.05, 3.63) is 88.5 Å². The van der Waals surface area contributed by atoms with Gasteiger partial charge in [-0.2, -0.15) is 0 Å². The minimum atomic E-state index is -0.324. The second-order valence-corrected chi connectivity index (χ2v) is 8.86. The number of methoxy groups -OCH3 is 2. The zero-order valence-electron chi connectivity index (χ0n) is 20.5. The molecule has 0 aliphatic carbocycles. The minimum Gasteiger partial charge on any atom is -0.493 e. The van der Waals surface area contributed by atoms with Crippen molar-refractivity contribution in [1.82, 2.24) is 15.2 Å². The van der Waals surface area contributed by atoms with Crippen LogP contribution in [-0.2, 0) is 13.1 Å². The summed E-state index contributed by atoms with van der Waals surface area (Å²) in [4.78, 5) is 20.2. The van der Waals surface area contributed by atoms with Gasteiger partial charge in [0.2, 0.25) is 0 Å². The lowest BCUT2D eigenvalue weighted by Gasteiger charge is -2.32. The molecular weight excluding hydrogens is 445 g/mol. The number of carbonyl (C=O) groups is 1. The van der Waals surface area contributed by atoms with Gasteiger partial charge in [-0.3, -0.25) is 14.7 Å². The molecule has 7 heteroatoms. The Morgan fingerprint density at radius 2 is 1.77 bits per heavy atom. The molecule has 1 aliphatic rings. The fourth-order valence-corrected chi connectivity index (χ4v) is 4.68. The Labute approximate surface area is 206 Å². The lowest BCUT2D eigenvalue weighted by atomic mass is 9.89. The number of carbonyl (C=O) groups excluding carboxylic acids is 1. The molecule has 0 radical (unpaired) electrons. The standard InChI is InChI=1S/C28H32FN3O3/c1-19-11-12-23(28(33)30-17-21-7-4-5-9-24(21)29)26(31-19)20-13-15-32(16-14-20)18-22-8-6-10-25(34-2)27(22)35-3/h4-12,20H,13-18H2,1-3H3,(H,30,33). The van der Waals surface area contributed by atoms with E-state index in [0.717, 1.165) is 60.9 Å². The summed E-state index contributed by atoms with van der Waals surface area (Å²) in [5, 5.41) is 2.86. The molecule has 184 valence electrons. The number of pyridine rings is 1. The fraction of sp³-hybridized carbons (Fsp3) is 0.357. The Morgan fingerprint density at radius 1 is 1.03 bits per heavy atom. The second kappa shape index (κ2) is 11.3. The van der Waals surface area contributed by atoms with Crippen molar-refractivity contribution in [2.75, 3.05) is 27.3 Å². The average molecular weight is 478 g/mol. The smallest absolute Gasteiger partial charge is 0.253 e. The molecule has 1 N–H and O–H groups in total. The molecule has 4 rings (SSSR count). The summed E-state index contributed by atoms with van der Waals surface area (Å²) in [6.45, 7) is 4.62. The second-order valence-electron chi connectivity index (χ2n) is 8.86. The summed E-state index contributed by atoms with van der Waals surface area (Å²) in [5.41, 5.74) is 3.83. The van der Waals surface area contributed by atoms with E-state index in [1.165, 1.54) is 6.07 Å². The van der Waals surface area contributed by atoms with Gasteiger partial charge in [0.15, 0.2) is 11.5 Å². The number of hydrogen-bond donors (Lipinski definition) is 1. The molecule has 1 aromatic heterocycles. The van der Waals surface area contributed by atoms with E-state index in [1.807, 2.05) is 31.2 Å². The first-order valence-corrected chi connectivity index (χ1v) is 11.9. The highest BCUT2D eigenvalue weighted by Gasteiger charge is 2.27. The minimum absolute atomic E-state index is 0.139. The number of ether oxygens (including phenoxy) is 2. The maximum atomic E-state index is 14.0. The maximum Gasteiger partial charge on any atom is 0.253 e. The number of hydrogen-bond acceptors (Lipinski definition) is 5. The van der Waals surface area contributed by atoms with Crippen LogP contribution in [0.4, 0.5) is 4.39 Å². The number of piperidine rings is 1. The summed E-state index contributed by atoms with van der Waals surface area (Å²) in [6, 6.07) is 16.1. The molecule has 1 saturated heterocycles. The monoisotopic (exact) mass is 477 g/mol. The zero-order chi connectivity index (χ0) is 24.8. The van der Waals surface area contributed by atoms with Crippen molar-refractivity contribution in [3.8, 4) is 11.5 Å². The van der Waals surface area contributed by atoms with Crippen molar-refractivity contribution in [2.45, 2.75) is 38.8 Å². The van der Waals surface area contributed by atoms with Gasteiger partial charge < -0.3 is 14.8 Å². The van der Waals surface area contributed by atoms with Gasteiger partial charge in [-0.1, -0.05) is 30.3 Å². The van der Waals surface area contributed by atoms with Crippen LogP contribution in [-0.4, -0.2) is 43.1 Å². The van der Waals surface area contributed by atoms with Crippen molar-refractivity contribution >= 4 is 5.91 Å². The molecule has 1 amide bonds. The predicted octanol–water partition coefficient (Wildman–Crippen LogP) is 4.86. The van der Waals surface area contributed by atoms with Crippen LogP contribution >= 0.6 is 0 Å². The van der Waals surface area contributed by atoms with Gasteiger partial charge in [0.1, 0.15) is 5.82 Å². The number of aromatic nitrogens is 1. The van der Waals surface area contributed by atoms with E-state index >= 15 is 0 Å².